The van der Waals surface area contributed by atoms with Gasteiger partial charge in [-0.1, -0.05) is 22.1 Å². The molecule has 2 aromatic carbocycles. The van der Waals surface area contributed by atoms with Gasteiger partial charge in [0.25, 0.3) is 15.9 Å². The van der Waals surface area contributed by atoms with E-state index < -0.39 is 15.9 Å². The Hall–Kier alpha value is -1.20. The maximum atomic E-state index is 12.4. The van der Waals surface area contributed by atoms with Gasteiger partial charge < -0.3 is 5.32 Å². The molecule has 0 heterocycles. The third-order valence-electron chi connectivity index (χ3n) is 3.15. The summed E-state index contributed by atoms with van der Waals surface area (Å²) in [6.45, 7) is 0. The molecular formula is C15H14ClIN2O4S. The summed E-state index contributed by atoms with van der Waals surface area (Å²) in [4.78, 5) is 16.9. The zero-order chi connectivity index (χ0) is 17.9. The van der Waals surface area contributed by atoms with Crippen molar-refractivity contribution < 1.29 is 18.0 Å². The van der Waals surface area contributed by atoms with Crippen LogP contribution in [0.3, 0.4) is 0 Å². The average molecular weight is 481 g/mol. The van der Waals surface area contributed by atoms with Crippen molar-refractivity contribution in [3.63, 3.8) is 0 Å². The van der Waals surface area contributed by atoms with Crippen molar-refractivity contribution >= 4 is 55.8 Å². The molecule has 1 N–H and O–H groups in total. The smallest absolute Gasteiger partial charge is 0.266 e. The molecule has 0 bridgehead atoms. The number of nitrogens with one attached hydrogen (secondary N) is 1. The van der Waals surface area contributed by atoms with Crippen molar-refractivity contribution in [1.82, 2.24) is 4.47 Å². The Morgan fingerprint density at radius 1 is 1.25 bits per heavy atom. The van der Waals surface area contributed by atoms with Crippen molar-refractivity contribution in [1.29, 1.82) is 0 Å². The highest BCUT2D eigenvalue weighted by molar-refractivity contribution is 14.1. The molecule has 0 aliphatic heterocycles. The Balaban J connectivity index is 2.36. The Kier molecular flexibility index (Phi) is 6.21. The standard InChI is InChI=1S/C15H14ClIN2O4S/c1-19(23-2)24(21,22)14-8-10(6-7-13(14)16)15(20)18-12-5-3-4-11(17)9-12/h3-9H,1-2H3,(H,18,20). The first-order valence-electron chi connectivity index (χ1n) is 6.65. The van der Waals surface area contributed by atoms with Crippen LogP contribution in [0.2, 0.25) is 5.02 Å². The molecule has 0 aliphatic rings. The topological polar surface area (TPSA) is 75.7 Å². The van der Waals surface area contributed by atoms with Crippen LogP contribution in [-0.2, 0) is 14.9 Å². The minimum atomic E-state index is -3.96. The molecule has 1 amide bonds. The molecule has 2 aromatic rings. The second-order valence-electron chi connectivity index (χ2n) is 4.71. The van der Waals surface area contributed by atoms with E-state index in [-0.39, 0.29) is 15.5 Å². The molecule has 128 valence electrons. The summed E-state index contributed by atoms with van der Waals surface area (Å²) in [5.74, 6) is -0.440. The molecule has 0 atom stereocenters. The molecular weight excluding hydrogens is 467 g/mol. The Morgan fingerprint density at radius 3 is 2.58 bits per heavy atom. The lowest BCUT2D eigenvalue weighted by Gasteiger charge is -2.16. The van der Waals surface area contributed by atoms with E-state index >= 15 is 0 Å². The van der Waals surface area contributed by atoms with Crippen LogP contribution in [-0.4, -0.2) is 33.0 Å². The molecule has 9 heteroatoms. The number of hydrogen-bond acceptors (Lipinski definition) is 4. The SMILES string of the molecule is CON(C)S(=O)(=O)c1cc(C(=O)Nc2cccc(I)c2)ccc1Cl. The van der Waals surface area contributed by atoms with Gasteiger partial charge in [-0.25, -0.2) is 8.42 Å². The van der Waals surface area contributed by atoms with Crippen LogP contribution in [0.5, 0.6) is 0 Å². The van der Waals surface area contributed by atoms with Crippen molar-refractivity contribution in [2.24, 2.45) is 0 Å². The number of hydrogen-bond donors (Lipinski definition) is 1. The number of amides is 1. The lowest BCUT2D eigenvalue weighted by molar-refractivity contribution is -0.0258. The van der Waals surface area contributed by atoms with Crippen LogP contribution in [0.25, 0.3) is 0 Å². The van der Waals surface area contributed by atoms with E-state index in [0.717, 1.165) is 3.57 Å². The van der Waals surface area contributed by atoms with Gasteiger partial charge >= 0.3 is 0 Å². The van der Waals surface area contributed by atoms with Crippen molar-refractivity contribution in [3.8, 4) is 0 Å². The Morgan fingerprint density at radius 2 is 1.96 bits per heavy atom. The molecule has 0 radical (unpaired) electrons. The number of hydroxylamine groups is 1. The van der Waals surface area contributed by atoms with Gasteiger partial charge in [-0.15, -0.1) is 0 Å². The number of rotatable bonds is 5. The molecule has 0 saturated carbocycles. The van der Waals surface area contributed by atoms with Crippen molar-refractivity contribution in [2.75, 3.05) is 19.5 Å². The fourth-order valence-corrected chi connectivity index (χ4v) is 3.87. The van der Waals surface area contributed by atoms with Gasteiger partial charge in [0.1, 0.15) is 4.90 Å². The van der Waals surface area contributed by atoms with E-state index in [9.17, 15) is 13.2 Å². The molecule has 0 unspecified atom stereocenters. The van der Waals surface area contributed by atoms with Crippen LogP contribution in [0.1, 0.15) is 10.4 Å². The predicted octanol–water partition coefficient (Wildman–Crippen LogP) is 3.38. The van der Waals surface area contributed by atoms with E-state index in [2.05, 4.69) is 27.9 Å². The van der Waals surface area contributed by atoms with E-state index in [1.54, 1.807) is 12.1 Å². The van der Waals surface area contributed by atoms with Gasteiger partial charge in [0.15, 0.2) is 0 Å². The lowest BCUT2D eigenvalue weighted by atomic mass is 10.2. The highest BCUT2D eigenvalue weighted by Crippen LogP contribution is 2.26. The lowest BCUT2D eigenvalue weighted by Crippen LogP contribution is -2.26. The molecule has 0 fully saturated rings. The number of sulfonamides is 1. The zero-order valence-corrected chi connectivity index (χ0v) is 16.5. The average Bonchev–Trinajstić information content (AvgIpc) is 2.54. The number of anilines is 1. The molecule has 24 heavy (non-hydrogen) atoms. The molecule has 6 nitrogen and oxygen atoms in total. The molecule has 0 aromatic heterocycles. The van der Waals surface area contributed by atoms with Crippen LogP contribution in [0, 0.1) is 3.57 Å². The minimum Gasteiger partial charge on any atom is -0.322 e. The quantitative estimate of drug-likeness (QED) is 0.526. The van der Waals surface area contributed by atoms with Gasteiger partial charge in [0.05, 0.1) is 12.1 Å². The summed E-state index contributed by atoms with van der Waals surface area (Å²) in [6, 6.07) is 11.3. The van der Waals surface area contributed by atoms with E-state index in [1.165, 1.54) is 32.4 Å². The first-order chi connectivity index (χ1) is 11.3. The number of benzene rings is 2. The maximum absolute atomic E-state index is 12.4. The van der Waals surface area contributed by atoms with Crippen LogP contribution >= 0.6 is 34.2 Å². The van der Waals surface area contributed by atoms with Gasteiger partial charge in [-0.2, -0.15) is 0 Å². The van der Waals surface area contributed by atoms with E-state index in [4.69, 9.17) is 16.4 Å². The van der Waals surface area contributed by atoms with E-state index in [0.29, 0.717) is 10.2 Å². The molecule has 0 spiro atoms. The third-order valence-corrected chi connectivity index (χ3v) is 5.98. The van der Waals surface area contributed by atoms with Gasteiger partial charge in [-0.3, -0.25) is 9.63 Å². The van der Waals surface area contributed by atoms with Crippen molar-refractivity contribution in [2.45, 2.75) is 4.90 Å². The van der Waals surface area contributed by atoms with Gasteiger partial charge in [-0.05, 0) is 59.0 Å². The molecule has 0 aliphatic carbocycles. The van der Waals surface area contributed by atoms with Crippen LogP contribution < -0.4 is 5.32 Å². The number of nitrogens with zero attached hydrogens (tertiary/aromatic N) is 1. The Labute approximate surface area is 158 Å². The highest BCUT2D eigenvalue weighted by Gasteiger charge is 2.25. The van der Waals surface area contributed by atoms with Crippen molar-refractivity contribution in [3.05, 3.63) is 56.6 Å². The monoisotopic (exact) mass is 480 g/mol. The largest absolute Gasteiger partial charge is 0.322 e. The Bertz CT molecular complexity index is 874. The summed E-state index contributed by atoms with van der Waals surface area (Å²) in [7, 11) is -1.50. The number of carbonyl (C=O) groups excluding carboxylic acids is 1. The minimum absolute atomic E-state index is 0.00436. The number of halogens is 2. The second-order valence-corrected chi connectivity index (χ2v) is 8.26. The first-order valence-corrected chi connectivity index (χ1v) is 9.55. The highest BCUT2D eigenvalue weighted by atomic mass is 127. The summed E-state index contributed by atoms with van der Waals surface area (Å²) < 4.78 is 26.3. The van der Waals surface area contributed by atoms with Gasteiger partial charge in [0, 0.05) is 21.9 Å². The maximum Gasteiger partial charge on any atom is 0.266 e. The predicted molar refractivity (Wildman–Crippen MR) is 101 cm³/mol. The summed E-state index contributed by atoms with van der Waals surface area (Å²) in [6.07, 6.45) is 0. The molecule has 0 saturated heterocycles. The van der Waals surface area contributed by atoms with Crippen LogP contribution in [0.15, 0.2) is 47.4 Å². The molecule has 2 rings (SSSR count). The van der Waals surface area contributed by atoms with Gasteiger partial charge in [0.2, 0.25) is 0 Å². The second kappa shape index (κ2) is 7.79. The third kappa shape index (κ3) is 4.25. The fourth-order valence-electron chi connectivity index (χ4n) is 1.85. The number of carbonyl (C=O) groups is 1. The van der Waals surface area contributed by atoms with E-state index in [1.807, 2.05) is 12.1 Å². The zero-order valence-electron chi connectivity index (χ0n) is 12.8. The normalized spacial score (nSPS) is 11.5. The summed E-state index contributed by atoms with van der Waals surface area (Å²) in [5, 5.41) is 2.72. The fraction of sp³-hybridized carbons (Fsp3) is 0.133. The van der Waals surface area contributed by atoms with Crippen LogP contribution in [0.4, 0.5) is 5.69 Å². The summed E-state index contributed by atoms with van der Waals surface area (Å²) >= 11 is 8.10. The summed E-state index contributed by atoms with van der Waals surface area (Å²) in [5.41, 5.74) is 0.779. The first kappa shape index (κ1) is 19.1.